The van der Waals surface area contributed by atoms with Gasteiger partial charge in [0.15, 0.2) is 11.6 Å². The first kappa shape index (κ1) is 40.1. The van der Waals surface area contributed by atoms with Gasteiger partial charge in [-0.2, -0.15) is 0 Å². The van der Waals surface area contributed by atoms with Gasteiger partial charge < -0.3 is 18.9 Å². The molecule has 0 saturated heterocycles. The predicted octanol–water partition coefficient (Wildman–Crippen LogP) is 12.1. The van der Waals surface area contributed by atoms with E-state index in [0.29, 0.717) is 18.7 Å². The average Bonchev–Trinajstić information content (AvgIpc) is 3.86. The molecule has 306 valence electrons. The van der Waals surface area contributed by atoms with E-state index in [2.05, 4.69) is 44.8 Å². The van der Waals surface area contributed by atoms with Crippen molar-refractivity contribution < 1.29 is 23.3 Å². The van der Waals surface area contributed by atoms with Gasteiger partial charge >= 0.3 is 0 Å². The number of imidazole rings is 2. The number of aromatic nitrogens is 5. The van der Waals surface area contributed by atoms with E-state index in [4.69, 9.17) is 23.9 Å². The first-order valence-electron chi connectivity index (χ1n) is 20.6. The summed E-state index contributed by atoms with van der Waals surface area (Å²) < 4.78 is 43.6. The fraction of sp³-hybridized carbons (Fsp3) is 0.260. The minimum atomic E-state index is -0.414. The molecule has 0 amide bonds. The van der Waals surface area contributed by atoms with Gasteiger partial charge in [0.2, 0.25) is 5.88 Å². The molecule has 0 aliphatic rings. The first-order chi connectivity index (χ1) is 29.0. The van der Waals surface area contributed by atoms with E-state index in [1.165, 1.54) is 6.07 Å². The smallest absolute Gasteiger partial charge is 0.216 e. The zero-order chi connectivity index (χ0) is 41.9. The quantitative estimate of drug-likeness (QED) is 0.102. The highest BCUT2D eigenvalue weighted by atomic mass is 19.1. The third kappa shape index (κ3) is 8.98. The number of aryl methyl sites for hydroxylation is 1. The number of ether oxygens (including phenoxy) is 4. The number of hydrogen-bond acceptors (Lipinski definition) is 7. The maximum atomic E-state index is 15.5. The van der Waals surface area contributed by atoms with Crippen LogP contribution in [0.1, 0.15) is 59.9 Å². The van der Waals surface area contributed by atoms with E-state index < -0.39 is 5.82 Å². The molecule has 8 aromatic rings. The lowest BCUT2D eigenvalue weighted by Crippen LogP contribution is -2.19. The highest BCUT2D eigenvalue weighted by molar-refractivity contribution is 5.71. The maximum Gasteiger partial charge on any atom is 0.216 e. The van der Waals surface area contributed by atoms with Crippen LogP contribution < -0.4 is 18.9 Å². The normalized spacial score (nSPS) is 12.6. The minimum absolute atomic E-state index is 0.101. The van der Waals surface area contributed by atoms with Crippen LogP contribution in [0.15, 0.2) is 128 Å². The Bertz CT molecular complexity index is 2740. The number of nitrogens with zero attached hydrogens (tertiary/aromatic N) is 5. The van der Waals surface area contributed by atoms with E-state index in [9.17, 15) is 0 Å². The Kier molecular flexibility index (Phi) is 11.5. The van der Waals surface area contributed by atoms with Crippen LogP contribution in [0.3, 0.4) is 0 Å². The molecule has 8 rings (SSSR count). The molecule has 2 atom stereocenters. The Labute approximate surface area is 350 Å². The van der Waals surface area contributed by atoms with Crippen molar-refractivity contribution in [3.05, 3.63) is 139 Å². The summed E-state index contributed by atoms with van der Waals surface area (Å²) in [7, 11) is 0. The third-order valence-electron chi connectivity index (χ3n) is 10.3. The van der Waals surface area contributed by atoms with Crippen LogP contribution in [0, 0.1) is 12.7 Å². The molecule has 0 bridgehead atoms. The van der Waals surface area contributed by atoms with Crippen LogP contribution in [-0.4, -0.2) is 48.2 Å². The molecule has 5 heterocycles. The van der Waals surface area contributed by atoms with Crippen LogP contribution in [-0.2, 0) is 0 Å². The second-order valence-corrected chi connectivity index (χ2v) is 15.9. The number of hydrogen-bond donors (Lipinski definition) is 0. The van der Waals surface area contributed by atoms with Gasteiger partial charge in [0.25, 0.3) is 0 Å². The molecule has 3 aromatic carbocycles. The van der Waals surface area contributed by atoms with Crippen molar-refractivity contribution in [2.45, 2.75) is 85.7 Å². The largest absolute Gasteiger partial charge is 0.491 e. The molecular weight excluding hydrogens is 754 g/mol. The average molecular weight is 804 g/mol. The molecule has 9 nitrogen and oxygen atoms in total. The molecule has 0 fully saturated rings. The zero-order valence-electron chi connectivity index (χ0n) is 35.1. The molecule has 10 heteroatoms. The summed E-state index contributed by atoms with van der Waals surface area (Å²) in [6.45, 7) is 14.0. The van der Waals surface area contributed by atoms with Crippen LogP contribution in [0.25, 0.3) is 56.1 Å². The van der Waals surface area contributed by atoms with Crippen molar-refractivity contribution in [1.29, 1.82) is 0 Å². The highest BCUT2D eigenvalue weighted by Crippen LogP contribution is 2.32. The van der Waals surface area contributed by atoms with Crippen molar-refractivity contribution in [3.8, 4) is 67.9 Å². The number of pyridine rings is 3. The standard InChI is InChI=1S/C50H50FN5O4/c1-31(2)57-42-17-10-36(11-18-42)39-15-22-49-53-28-46(56(49)29-39)41-24-33(5)50(54-26-41)60-35(7)9-8-34(6)59-47-21-14-38(25-44(47)51)40-16-23-48-52-27-45(55(48)30-40)37-12-19-43(20-13-37)58-32(3)4/h10-32,34-35H,8-9H2,1-7H3. The molecule has 0 N–H and O–H groups in total. The predicted molar refractivity (Wildman–Crippen MR) is 236 cm³/mol. The second kappa shape index (κ2) is 17.3. The summed E-state index contributed by atoms with van der Waals surface area (Å²) in [4.78, 5) is 13.9. The maximum absolute atomic E-state index is 15.5. The molecular formula is C50H50FN5O4. The molecule has 60 heavy (non-hydrogen) atoms. The van der Waals surface area contributed by atoms with Crippen LogP contribution in [0.2, 0.25) is 0 Å². The summed E-state index contributed by atoms with van der Waals surface area (Å²) in [5.41, 5.74) is 10.2. The molecule has 0 aliphatic carbocycles. The summed E-state index contributed by atoms with van der Waals surface area (Å²) >= 11 is 0. The molecule has 5 aromatic heterocycles. The van der Waals surface area contributed by atoms with Gasteiger partial charge in [-0.15, -0.1) is 0 Å². The van der Waals surface area contributed by atoms with Gasteiger partial charge in [-0.05, 0) is 162 Å². The van der Waals surface area contributed by atoms with E-state index in [0.717, 1.165) is 73.1 Å². The topological polar surface area (TPSA) is 84.4 Å². The van der Waals surface area contributed by atoms with Crippen molar-refractivity contribution in [1.82, 2.24) is 23.8 Å². The van der Waals surface area contributed by atoms with E-state index in [-0.39, 0.29) is 30.2 Å². The lowest BCUT2D eigenvalue weighted by atomic mass is 10.1. The Hall–Kier alpha value is -6.68. The van der Waals surface area contributed by atoms with Gasteiger partial charge in [0.1, 0.15) is 22.8 Å². The molecule has 0 aliphatic heterocycles. The Balaban J connectivity index is 0.875. The fourth-order valence-electron chi connectivity index (χ4n) is 7.30. The van der Waals surface area contributed by atoms with Crippen molar-refractivity contribution in [2.24, 2.45) is 0 Å². The second-order valence-electron chi connectivity index (χ2n) is 15.9. The Morgan fingerprint density at radius 2 is 1.00 bits per heavy atom. The van der Waals surface area contributed by atoms with Gasteiger partial charge in [0.05, 0.1) is 48.2 Å². The van der Waals surface area contributed by atoms with E-state index in [1.807, 2.05) is 138 Å². The van der Waals surface area contributed by atoms with Gasteiger partial charge in [-0.25, -0.2) is 19.3 Å². The molecule has 0 saturated carbocycles. The number of benzene rings is 3. The first-order valence-corrected chi connectivity index (χ1v) is 20.6. The van der Waals surface area contributed by atoms with Crippen LogP contribution in [0.4, 0.5) is 4.39 Å². The van der Waals surface area contributed by atoms with Gasteiger partial charge in [-0.1, -0.05) is 18.2 Å². The highest BCUT2D eigenvalue weighted by Gasteiger charge is 2.17. The molecule has 0 spiro atoms. The summed E-state index contributed by atoms with van der Waals surface area (Å²) in [6.07, 6.45) is 10.9. The zero-order valence-corrected chi connectivity index (χ0v) is 35.1. The fourth-order valence-corrected chi connectivity index (χ4v) is 7.30. The number of fused-ring (bicyclic) bond motifs is 2. The lowest BCUT2D eigenvalue weighted by Gasteiger charge is -2.19. The van der Waals surface area contributed by atoms with Gasteiger partial charge in [0, 0.05) is 35.3 Å². The molecule has 2 unspecified atom stereocenters. The SMILES string of the molecule is Cc1cc(-c2cnc3ccc(-c4ccc(OC(C)C)cc4)cn23)cnc1OC(C)CCC(C)Oc1ccc(-c2ccc3ncc(-c4ccc(OC(C)C)cc4)n3c2)cc1F. The summed E-state index contributed by atoms with van der Waals surface area (Å²) in [5, 5.41) is 0. The Morgan fingerprint density at radius 3 is 1.55 bits per heavy atom. The third-order valence-corrected chi connectivity index (χ3v) is 10.3. The number of halogens is 1. The monoisotopic (exact) mass is 803 g/mol. The summed E-state index contributed by atoms with van der Waals surface area (Å²) in [5.74, 6) is 2.05. The molecule has 0 radical (unpaired) electrons. The van der Waals surface area contributed by atoms with Crippen molar-refractivity contribution in [2.75, 3.05) is 0 Å². The van der Waals surface area contributed by atoms with E-state index >= 15 is 4.39 Å². The minimum Gasteiger partial charge on any atom is -0.491 e. The van der Waals surface area contributed by atoms with Gasteiger partial charge in [-0.3, -0.25) is 8.80 Å². The summed E-state index contributed by atoms with van der Waals surface area (Å²) in [6, 6.07) is 31.3. The van der Waals surface area contributed by atoms with E-state index in [1.54, 1.807) is 6.07 Å². The number of rotatable bonds is 15. The van der Waals surface area contributed by atoms with Crippen molar-refractivity contribution in [3.63, 3.8) is 0 Å². The van der Waals surface area contributed by atoms with Crippen LogP contribution >= 0.6 is 0 Å². The van der Waals surface area contributed by atoms with Crippen LogP contribution in [0.5, 0.6) is 23.1 Å². The van der Waals surface area contributed by atoms with Crippen molar-refractivity contribution >= 4 is 11.3 Å². The lowest BCUT2D eigenvalue weighted by molar-refractivity contribution is 0.153. The Morgan fingerprint density at radius 1 is 0.500 bits per heavy atom.